The molecule has 1 aromatic rings. The number of ketones is 1. The van der Waals surface area contributed by atoms with Gasteiger partial charge < -0.3 is 4.74 Å². The number of aromatic nitrogens is 1. The van der Waals surface area contributed by atoms with E-state index in [0.29, 0.717) is 18.6 Å². The number of rotatable bonds is 2. The maximum absolute atomic E-state index is 11.2. The van der Waals surface area contributed by atoms with E-state index in [2.05, 4.69) is 4.98 Å². The van der Waals surface area contributed by atoms with Gasteiger partial charge in [-0.1, -0.05) is 6.07 Å². The van der Waals surface area contributed by atoms with E-state index in [4.69, 9.17) is 4.74 Å². The van der Waals surface area contributed by atoms with Crippen molar-refractivity contribution in [3.8, 4) is 0 Å². The molecule has 80 valence electrons. The molecule has 1 saturated carbocycles. The SMILES string of the molecule is COC1(c2ccccn2)CCC(=O)CC1. The second-order valence-corrected chi connectivity index (χ2v) is 3.95. The van der Waals surface area contributed by atoms with Gasteiger partial charge in [0.05, 0.1) is 5.69 Å². The summed E-state index contributed by atoms with van der Waals surface area (Å²) in [5.41, 5.74) is 0.606. The molecule has 15 heavy (non-hydrogen) atoms. The molecule has 0 spiro atoms. The van der Waals surface area contributed by atoms with Crippen LogP contribution in [-0.2, 0) is 15.1 Å². The van der Waals surface area contributed by atoms with E-state index in [9.17, 15) is 4.79 Å². The number of methoxy groups -OCH3 is 1. The van der Waals surface area contributed by atoms with Gasteiger partial charge >= 0.3 is 0 Å². The van der Waals surface area contributed by atoms with Crippen molar-refractivity contribution >= 4 is 5.78 Å². The number of hydrogen-bond donors (Lipinski definition) is 0. The van der Waals surface area contributed by atoms with E-state index in [0.717, 1.165) is 18.5 Å². The minimum absolute atomic E-state index is 0.332. The highest BCUT2D eigenvalue weighted by atomic mass is 16.5. The van der Waals surface area contributed by atoms with Gasteiger partial charge in [-0.3, -0.25) is 9.78 Å². The second-order valence-electron chi connectivity index (χ2n) is 3.95. The van der Waals surface area contributed by atoms with Crippen LogP contribution in [0.25, 0.3) is 0 Å². The minimum atomic E-state index is -0.338. The molecule has 0 bridgehead atoms. The molecule has 2 rings (SSSR count). The molecule has 0 aliphatic heterocycles. The molecule has 0 radical (unpaired) electrons. The summed E-state index contributed by atoms with van der Waals surface area (Å²) >= 11 is 0. The fourth-order valence-corrected chi connectivity index (χ4v) is 2.13. The Balaban J connectivity index is 2.26. The summed E-state index contributed by atoms with van der Waals surface area (Å²) in [6.45, 7) is 0. The summed E-state index contributed by atoms with van der Waals surface area (Å²) in [5.74, 6) is 0.332. The molecule has 1 aliphatic rings. The molecular formula is C12H15NO2. The van der Waals surface area contributed by atoms with Gasteiger partial charge in [-0.05, 0) is 25.0 Å². The van der Waals surface area contributed by atoms with Crippen molar-refractivity contribution in [2.24, 2.45) is 0 Å². The van der Waals surface area contributed by atoms with Crippen LogP contribution in [-0.4, -0.2) is 17.9 Å². The standard InChI is InChI=1S/C12H15NO2/c1-15-12(7-5-10(14)6-8-12)11-4-2-3-9-13-11/h2-4,9H,5-8H2,1H3. The summed E-state index contributed by atoms with van der Waals surface area (Å²) < 4.78 is 5.60. The molecule has 3 heteroatoms. The van der Waals surface area contributed by atoms with Gasteiger partial charge in [-0.25, -0.2) is 0 Å². The van der Waals surface area contributed by atoms with Crippen molar-refractivity contribution in [2.45, 2.75) is 31.3 Å². The Labute approximate surface area is 89.5 Å². The van der Waals surface area contributed by atoms with Crippen LogP contribution in [0, 0.1) is 0 Å². The maximum Gasteiger partial charge on any atom is 0.133 e. The lowest BCUT2D eigenvalue weighted by Gasteiger charge is -2.34. The first kappa shape index (κ1) is 10.3. The number of Topliss-reactive ketones (excluding diaryl/α,β-unsaturated/α-hetero) is 1. The molecule has 1 aromatic heterocycles. The lowest BCUT2D eigenvalue weighted by Crippen LogP contribution is -2.34. The van der Waals surface area contributed by atoms with Crippen LogP contribution in [0.2, 0.25) is 0 Å². The first-order chi connectivity index (χ1) is 7.27. The van der Waals surface area contributed by atoms with Crippen molar-refractivity contribution in [3.05, 3.63) is 30.1 Å². The van der Waals surface area contributed by atoms with Crippen molar-refractivity contribution in [2.75, 3.05) is 7.11 Å². The predicted molar refractivity (Wildman–Crippen MR) is 56.4 cm³/mol. The van der Waals surface area contributed by atoms with E-state index < -0.39 is 0 Å². The Morgan fingerprint density at radius 1 is 1.33 bits per heavy atom. The summed E-state index contributed by atoms with van der Waals surface area (Å²) in [6.07, 6.45) is 4.47. The highest BCUT2D eigenvalue weighted by molar-refractivity contribution is 5.79. The van der Waals surface area contributed by atoms with Gasteiger partial charge in [0.15, 0.2) is 0 Å². The van der Waals surface area contributed by atoms with Crippen molar-refractivity contribution in [1.29, 1.82) is 0 Å². The fourth-order valence-electron chi connectivity index (χ4n) is 2.13. The van der Waals surface area contributed by atoms with E-state index >= 15 is 0 Å². The number of nitrogens with zero attached hydrogens (tertiary/aromatic N) is 1. The normalized spacial score (nSPS) is 20.2. The number of ether oxygens (including phenoxy) is 1. The third-order valence-electron chi connectivity index (χ3n) is 3.14. The molecule has 0 unspecified atom stereocenters. The maximum atomic E-state index is 11.2. The van der Waals surface area contributed by atoms with Gasteiger partial charge in [0.25, 0.3) is 0 Å². The average Bonchev–Trinajstić information content (AvgIpc) is 2.32. The van der Waals surface area contributed by atoms with Crippen LogP contribution >= 0.6 is 0 Å². The molecule has 1 aliphatic carbocycles. The molecular weight excluding hydrogens is 190 g/mol. The summed E-state index contributed by atoms with van der Waals surface area (Å²) in [5, 5.41) is 0. The van der Waals surface area contributed by atoms with Gasteiger partial charge in [0.2, 0.25) is 0 Å². The van der Waals surface area contributed by atoms with Crippen LogP contribution in [0.1, 0.15) is 31.4 Å². The topological polar surface area (TPSA) is 39.2 Å². The van der Waals surface area contributed by atoms with Crippen LogP contribution in [0.3, 0.4) is 0 Å². The number of pyridine rings is 1. The molecule has 0 atom stereocenters. The highest BCUT2D eigenvalue weighted by Gasteiger charge is 2.37. The third kappa shape index (κ3) is 1.92. The lowest BCUT2D eigenvalue weighted by molar-refractivity contribution is -0.128. The van der Waals surface area contributed by atoms with E-state index in [-0.39, 0.29) is 5.60 Å². The molecule has 0 saturated heterocycles. The Bertz CT molecular complexity index is 338. The van der Waals surface area contributed by atoms with Crippen LogP contribution < -0.4 is 0 Å². The highest BCUT2D eigenvalue weighted by Crippen LogP contribution is 2.37. The van der Waals surface area contributed by atoms with Gasteiger partial charge in [0, 0.05) is 26.1 Å². The third-order valence-corrected chi connectivity index (χ3v) is 3.14. The van der Waals surface area contributed by atoms with E-state index in [1.165, 1.54) is 0 Å². The smallest absolute Gasteiger partial charge is 0.133 e. The lowest BCUT2D eigenvalue weighted by atomic mass is 9.81. The van der Waals surface area contributed by atoms with Gasteiger partial charge in [-0.15, -0.1) is 0 Å². The first-order valence-electron chi connectivity index (χ1n) is 5.25. The summed E-state index contributed by atoms with van der Waals surface area (Å²) in [6, 6.07) is 5.82. The summed E-state index contributed by atoms with van der Waals surface area (Å²) in [7, 11) is 1.70. The molecule has 3 nitrogen and oxygen atoms in total. The average molecular weight is 205 g/mol. The first-order valence-corrected chi connectivity index (χ1v) is 5.25. The largest absolute Gasteiger partial charge is 0.372 e. The zero-order valence-corrected chi connectivity index (χ0v) is 8.90. The quantitative estimate of drug-likeness (QED) is 0.742. The Kier molecular flexibility index (Phi) is 2.82. The Morgan fingerprint density at radius 3 is 2.60 bits per heavy atom. The summed E-state index contributed by atoms with van der Waals surface area (Å²) in [4.78, 5) is 15.6. The predicted octanol–water partition coefficient (Wildman–Crippen LogP) is 2.07. The van der Waals surface area contributed by atoms with Crippen LogP contribution in [0.15, 0.2) is 24.4 Å². The van der Waals surface area contributed by atoms with Crippen molar-refractivity contribution in [1.82, 2.24) is 4.98 Å². The van der Waals surface area contributed by atoms with Crippen molar-refractivity contribution < 1.29 is 9.53 Å². The molecule has 1 heterocycles. The molecule has 0 amide bonds. The van der Waals surface area contributed by atoms with Crippen LogP contribution in [0.4, 0.5) is 0 Å². The zero-order valence-electron chi connectivity index (χ0n) is 8.90. The number of hydrogen-bond acceptors (Lipinski definition) is 3. The monoisotopic (exact) mass is 205 g/mol. The molecule has 1 fully saturated rings. The zero-order chi connectivity index (χ0) is 10.7. The van der Waals surface area contributed by atoms with E-state index in [1.54, 1.807) is 13.3 Å². The minimum Gasteiger partial charge on any atom is -0.372 e. The van der Waals surface area contributed by atoms with Gasteiger partial charge in [0.1, 0.15) is 11.4 Å². The number of carbonyl (C=O) groups is 1. The second kappa shape index (κ2) is 4.11. The Hall–Kier alpha value is -1.22. The molecule has 0 aromatic carbocycles. The fraction of sp³-hybridized carbons (Fsp3) is 0.500. The van der Waals surface area contributed by atoms with E-state index in [1.807, 2.05) is 18.2 Å². The number of carbonyl (C=O) groups excluding carboxylic acids is 1. The Morgan fingerprint density at radius 2 is 2.07 bits per heavy atom. The van der Waals surface area contributed by atoms with Gasteiger partial charge in [-0.2, -0.15) is 0 Å². The molecule has 0 N–H and O–H groups in total. The van der Waals surface area contributed by atoms with Crippen LogP contribution in [0.5, 0.6) is 0 Å². The van der Waals surface area contributed by atoms with Crippen molar-refractivity contribution in [3.63, 3.8) is 0 Å².